The molecule has 0 heterocycles. The Labute approximate surface area is 275 Å². The maximum absolute atomic E-state index is 13.1. The van der Waals surface area contributed by atoms with E-state index in [2.05, 4.69) is 10.6 Å². The zero-order valence-corrected chi connectivity index (χ0v) is 27.3. The van der Waals surface area contributed by atoms with Gasteiger partial charge in [-0.3, -0.25) is 19.2 Å². The minimum Gasteiger partial charge on any atom is -0.508 e. The molecule has 16 nitrogen and oxygen atoms in total. The van der Waals surface area contributed by atoms with E-state index >= 15 is 0 Å². The molecule has 0 aliphatic carbocycles. The van der Waals surface area contributed by atoms with Gasteiger partial charge in [0.1, 0.15) is 59.5 Å². The first-order valence-corrected chi connectivity index (χ1v) is 14.6. The molecule has 2 rings (SSSR count). The number of amides is 2. The van der Waals surface area contributed by atoms with Gasteiger partial charge >= 0.3 is 23.9 Å². The number of esters is 2. The molecule has 2 aromatic carbocycles. The Balaban J connectivity index is 2.09. The number of benzene rings is 2. The third-order valence-corrected chi connectivity index (χ3v) is 5.70. The summed E-state index contributed by atoms with van der Waals surface area (Å²) in [6.45, 7) is 9.48. The summed E-state index contributed by atoms with van der Waals surface area (Å²) in [5.74, 6) is -7.15. The van der Waals surface area contributed by atoms with E-state index in [-0.39, 0.29) is 41.6 Å². The van der Waals surface area contributed by atoms with Crippen LogP contribution >= 0.6 is 0 Å². The molecule has 0 bridgehead atoms. The summed E-state index contributed by atoms with van der Waals surface area (Å²) in [5, 5.41) is 42.7. The van der Waals surface area contributed by atoms with Crippen molar-refractivity contribution in [3.05, 3.63) is 47.5 Å². The lowest BCUT2D eigenvalue weighted by Gasteiger charge is -2.25. The van der Waals surface area contributed by atoms with Crippen LogP contribution in [-0.4, -0.2) is 92.6 Å². The van der Waals surface area contributed by atoms with Crippen molar-refractivity contribution in [2.45, 2.75) is 77.7 Å². The summed E-state index contributed by atoms with van der Waals surface area (Å²) >= 11 is 0. The van der Waals surface area contributed by atoms with Gasteiger partial charge in [-0.2, -0.15) is 0 Å². The number of aromatic hydroxyl groups is 2. The van der Waals surface area contributed by atoms with Crippen LogP contribution in [0.15, 0.2) is 36.4 Å². The molecule has 2 aromatic rings. The van der Waals surface area contributed by atoms with Gasteiger partial charge in [0.25, 0.3) is 11.8 Å². The number of phenols is 2. The molecule has 0 fully saturated rings. The number of carboxylic acids is 2. The molecule has 0 saturated carbocycles. The van der Waals surface area contributed by atoms with Crippen LogP contribution in [0.3, 0.4) is 0 Å². The van der Waals surface area contributed by atoms with Crippen molar-refractivity contribution in [1.29, 1.82) is 0 Å². The first-order valence-electron chi connectivity index (χ1n) is 14.6. The van der Waals surface area contributed by atoms with E-state index < -0.39 is 77.6 Å². The highest BCUT2D eigenvalue weighted by molar-refractivity contribution is 5.99. The molecular formula is C32H40N2O14. The van der Waals surface area contributed by atoms with Gasteiger partial charge in [-0.05, 0) is 65.8 Å². The molecule has 2 atom stereocenters. The minimum atomic E-state index is -1.71. The highest BCUT2D eigenvalue weighted by Gasteiger charge is 2.31. The fourth-order valence-corrected chi connectivity index (χ4v) is 3.89. The quantitative estimate of drug-likeness (QED) is 0.117. The van der Waals surface area contributed by atoms with Crippen LogP contribution in [-0.2, 0) is 28.7 Å². The summed E-state index contributed by atoms with van der Waals surface area (Å²) in [6.07, 6.45) is -1.38. The Morgan fingerprint density at radius 3 is 1.48 bits per heavy atom. The van der Waals surface area contributed by atoms with Crippen molar-refractivity contribution in [3.63, 3.8) is 0 Å². The van der Waals surface area contributed by atoms with Crippen LogP contribution < -0.4 is 20.1 Å². The third kappa shape index (κ3) is 13.8. The maximum Gasteiger partial charge on any atom is 0.329 e. The lowest BCUT2D eigenvalue weighted by atomic mass is 10.1. The molecule has 2 amide bonds. The van der Waals surface area contributed by atoms with E-state index in [9.17, 15) is 39.0 Å². The summed E-state index contributed by atoms with van der Waals surface area (Å²) in [5.41, 5.74) is -2.08. The summed E-state index contributed by atoms with van der Waals surface area (Å²) in [4.78, 5) is 73.0. The van der Waals surface area contributed by atoms with Crippen molar-refractivity contribution >= 4 is 35.7 Å². The van der Waals surface area contributed by atoms with E-state index in [1.54, 1.807) is 41.5 Å². The molecule has 262 valence electrons. The second-order valence-corrected chi connectivity index (χ2v) is 12.4. The van der Waals surface area contributed by atoms with E-state index in [1.165, 1.54) is 18.2 Å². The highest BCUT2D eigenvalue weighted by atomic mass is 16.6. The normalized spacial score (nSPS) is 12.5. The SMILES string of the molecule is CC(C)(C)OC(=O)C[C@@H](NC(=O)c1cc(O)cc(OCCOc2cc(O)cc(C(=O)N[C@H](CC(=O)O)C(=O)O)c2)c1)C(=O)OC(C)(C)C. The number of aliphatic carboxylic acids is 2. The maximum atomic E-state index is 13.1. The van der Waals surface area contributed by atoms with Crippen LogP contribution in [0, 0.1) is 0 Å². The molecule has 0 radical (unpaired) electrons. The van der Waals surface area contributed by atoms with Crippen molar-refractivity contribution < 1.29 is 68.1 Å². The Morgan fingerprint density at radius 2 is 1.08 bits per heavy atom. The fraction of sp³-hybridized carbons (Fsp3) is 0.438. The Hall–Kier alpha value is -5.54. The van der Waals surface area contributed by atoms with Crippen LogP contribution in [0.4, 0.5) is 0 Å². The Morgan fingerprint density at radius 1 is 0.646 bits per heavy atom. The van der Waals surface area contributed by atoms with E-state index in [0.29, 0.717) is 0 Å². The molecule has 6 N–H and O–H groups in total. The molecule has 0 aliphatic heterocycles. The third-order valence-electron chi connectivity index (χ3n) is 5.70. The molecular weight excluding hydrogens is 636 g/mol. The molecule has 48 heavy (non-hydrogen) atoms. The molecule has 16 heteroatoms. The highest BCUT2D eigenvalue weighted by Crippen LogP contribution is 2.24. The van der Waals surface area contributed by atoms with Crippen molar-refractivity contribution in [3.8, 4) is 23.0 Å². The largest absolute Gasteiger partial charge is 0.508 e. The number of phenolic OH excluding ortho intramolecular Hbond substituents is 2. The first-order chi connectivity index (χ1) is 22.1. The number of carbonyl (C=O) groups excluding carboxylic acids is 4. The zero-order chi connectivity index (χ0) is 36.4. The number of ether oxygens (including phenoxy) is 4. The van der Waals surface area contributed by atoms with E-state index in [0.717, 1.165) is 18.2 Å². The lowest BCUT2D eigenvalue weighted by molar-refractivity contribution is -0.164. The summed E-state index contributed by atoms with van der Waals surface area (Å²) < 4.78 is 21.7. The summed E-state index contributed by atoms with van der Waals surface area (Å²) in [6, 6.07) is 3.84. The van der Waals surface area contributed by atoms with Crippen molar-refractivity contribution in [1.82, 2.24) is 10.6 Å². The number of hydrogen-bond donors (Lipinski definition) is 6. The predicted molar refractivity (Wildman–Crippen MR) is 166 cm³/mol. The number of nitrogens with one attached hydrogen (secondary N) is 2. The predicted octanol–water partition coefficient (Wildman–Crippen LogP) is 2.39. The van der Waals surface area contributed by atoms with Gasteiger partial charge in [-0.15, -0.1) is 0 Å². The molecule has 0 aromatic heterocycles. The van der Waals surface area contributed by atoms with Crippen LogP contribution in [0.5, 0.6) is 23.0 Å². The molecule has 0 spiro atoms. The average molecular weight is 677 g/mol. The van der Waals surface area contributed by atoms with Crippen LogP contribution in [0.1, 0.15) is 75.1 Å². The lowest BCUT2D eigenvalue weighted by Crippen LogP contribution is -2.46. The van der Waals surface area contributed by atoms with Gasteiger partial charge in [0, 0.05) is 23.3 Å². The Kier molecular flexibility index (Phi) is 13.1. The average Bonchev–Trinajstić information content (AvgIpc) is 2.91. The molecule has 0 saturated heterocycles. The van der Waals surface area contributed by atoms with Crippen molar-refractivity contribution in [2.75, 3.05) is 13.2 Å². The van der Waals surface area contributed by atoms with E-state index in [4.69, 9.17) is 29.2 Å². The topological polar surface area (TPSA) is 244 Å². The second kappa shape index (κ2) is 16.3. The van der Waals surface area contributed by atoms with Gasteiger partial charge in [-0.25, -0.2) is 9.59 Å². The minimum absolute atomic E-state index is 0.0111. The van der Waals surface area contributed by atoms with Gasteiger partial charge in [0.15, 0.2) is 0 Å². The van der Waals surface area contributed by atoms with Gasteiger partial charge in [-0.1, -0.05) is 0 Å². The monoisotopic (exact) mass is 676 g/mol. The fourth-order valence-electron chi connectivity index (χ4n) is 3.89. The molecule has 0 unspecified atom stereocenters. The summed E-state index contributed by atoms with van der Waals surface area (Å²) in [7, 11) is 0. The number of carbonyl (C=O) groups is 6. The Bertz CT molecular complexity index is 1520. The first kappa shape index (κ1) is 38.6. The van der Waals surface area contributed by atoms with Crippen LogP contribution in [0.25, 0.3) is 0 Å². The zero-order valence-electron chi connectivity index (χ0n) is 27.3. The van der Waals surface area contributed by atoms with Gasteiger partial charge in [0.2, 0.25) is 0 Å². The second-order valence-electron chi connectivity index (χ2n) is 12.4. The number of carboxylic acid groups (broad SMARTS) is 2. The molecule has 0 aliphatic rings. The van der Waals surface area contributed by atoms with Crippen LogP contribution in [0.2, 0.25) is 0 Å². The van der Waals surface area contributed by atoms with Crippen molar-refractivity contribution in [2.24, 2.45) is 0 Å². The van der Waals surface area contributed by atoms with Gasteiger partial charge in [0.05, 0.1) is 12.8 Å². The standard InChI is InChI=1S/C32H40N2O14/c1-31(2,3)47-26(39)16-24(30(44)48-32(4,5)6)34-28(41)18-10-20(36)14-22(12-18)46-8-7-45-21-11-17(9-19(35)13-21)27(40)33-23(29(42)43)15-25(37)38/h9-14,23-24,35-36H,7-8,15-16H2,1-6H3,(H,33,40)(H,34,41)(H,37,38)(H,42,43)/t23-,24-/m1/s1. The van der Waals surface area contributed by atoms with E-state index in [1.807, 2.05) is 0 Å². The van der Waals surface area contributed by atoms with Gasteiger partial charge < -0.3 is 50.0 Å². The number of hydrogen-bond acceptors (Lipinski definition) is 12. The smallest absolute Gasteiger partial charge is 0.329 e. The number of rotatable bonds is 15.